The summed E-state index contributed by atoms with van der Waals surface area (Å²) in [5.74, 6) is 0.330. The van der Waals surface area contributed by atoms with Crippen molar-refractivity contribution in [3.63, 3.8) is 0 Å². The standard InChI is InChI=1S/C17H24N2O3/c20-17(19-12-15-7-4-9-21-15)18-11-14-8-10-22-16(14)13-5-2-1-3-6-13/h1-3,5-6,14-16H,4,7-12H2,(H2,18,19,20)/t14-,15-,16-/m1/s1. The van der Waals surface area contributed by atoms with Crippen molar-refractivity contribution in [2.24, 2.45) is 5.92 Å². The lowest BCUT2D eigenvalue weighted by molar-refractivity contribution is 0.0907. The van der Waals surface area contributed by atoms with Gasteiger partial charge in [0.1, 0.15) is 0 Å². The van der Waals surface area contributed by atoms with Gasteiger partial charge in [0.25, 0.3) is 0 Å². The number of urea groups is 1. The molecular weight excluding hydrogens is 280 g/mol. The largest absolute Gasteiger partial charge is 0.376 e. The Morgan fingerprint density at radius 3 is 2.64 bits per heavy atom. The lowest BCUT2D eigenvalue weighted by Gasteiger charge is -2.20. The molecule has 0 unspecified atom stereocenters. The van der Waals surface area contributed by atoms with Crippen LogP contribution in [0.4, 0.5) is 4.79 Å². The second-order valence-corrected chi connectivity index (χ2v) is 5.98. The van der Waals surface area contributed by atoms with Crippen LogP contribution in [0.5, 0.6) is 0 Å². The second-order valence-electron chi connectivity index (χ2n) is 5.98. The first-order chi connectivity index (χ1) is 10.8. The van der Waals surface area contributed by atoms with Crippen molar-refractivity contribution in [3.8, 4) is 0 Å². The average Bonchev–Trinajstić information content (AvgIpc) is 3.23. The molecule has 5 nitrogen and oxygen atoms in total. The summed E-state index contributed by atoms with van der Waals surface area (Å²) in [7, 11) is 0. The minimum Gasteiger partial charge on any atom is -0.376 e. The van der Waals surface area contributed by atoms with E-state index >= 15 is 0 Å². The molecule has 0 radical (unpaired) electrons. The number of nitrogens with one attached hydrogen (secondary N) is 2. The molecule has 2 aliphatic rings. The van der Waals surface area contributed by atoms with Gasteiger partial charge in [0.05, 0.1) is 12.2 Å². The summed E-state index contributed by atoms with van der Waals surface area (Å²) in [5.41, 5.74) is 1.19. The highest BCUT2D eigenvalue weighted by molar-refractivity contribution is 5.73. The highest BCUT2D eigenvalue weighted by atomic mass is 16.5. The first kappa shape index (κ1) is 15.3. The van der Waals surface area contributed by atoms with Crippen LogP contribution < -0.4 is 10.6 Å². The first-order valence-corrected chi connectivity index (χ1v) is 8.13. The SMILES string of the molecule is O=C(NC[C@H]1CCCO1)NC[C@H]1CCO[C@@H]1c1ccccc1. The van der Waals surface area contributed by atoms with Gasteiger partial charge in [-0.25, -0.2) is 4.79 Å². The Labute approximate surface area is 131 Å². The summed E-state index contributed by atoms with van der Waals surface area (Å²) >= 11 is 0. The van der Waals surface area contributed by atoms with Gasteiger partial charge < -0.3 is 20.1 Å². The second kappa shape index (κ2) is 7.61. The van der Waals surface area contributed by atoms with Crippen molar-refractivity contribution in [3.05, 3.63) is 35.9 Å². The van der Waals surface area contributed by atoms with Crippen LogP contribution in [0.15, 0.2) is 30.3 Å². The number of ether oxygens (including phenoxy) is 2. The molecule has 3 rings (SSSR count). The van der Waals surface area contributed by atoms with Crippen LogP contribution in [0.25, 0.3) is 0 Å². The van der Waals surface area contributed by atoms with E-state index in [9.17, 15) is 4.79 Å². The summed E-state index contributed by atoms with van der Waals surface area (Å²) in [6.45, 7) is 2.79. The van der Waals surface area contributed by atoms with Crippen molar-refractivity contribution in [1.82, 2.24) is 10.6 Å². The molecule has 2 N–H and O–H groups in total. The fraction of sp³-hybridized carbons (Fsp3) is 0.588. The normalized spacial score (nSPS) is 27.7. The lowest BCUT2D eigenvalue weighted by Crippen LogP contribution is -2.41. The third-order valence-corrected chi connectivity index (χ3v) is 4.38. The van der Waals surface area contributed by atoms with Crippen LogP contribution in [0, 0.1) is 5.92 Å². The predicted molar refractivity (Wildman–Crippen MR) is 83.6 cm³/mol. The van der Waals surface area contributed by atoms with Gasteiger partial charge in [0, 0.05) is 32.2 Å². The molecule has 0 bridgehead atoms. The highest BCUT2D eigenvalue weighted by Gasteiger charge is 2.29. The number of carbonyl (C=O) groups is 1. The number of benzene rings is 1. The molecule has 0 saturated carbocycles. The molecule has 120 valence electrons. The van der Waals surface area contributed by atoms with Crippen molar-refractivity contribution in [1.29, 1.82) is 0 Å². The molecular formula is C17H24N2O3. The summed E-state index contributed by atoms with van der Waals surface area (Å²) < 4.78 is 11.3. The van der Waals surface area contributed by atoms with E-state index in [0.29, 0.717) is 19.0 Å². The zero-order valence-corrected chi connectivity index (χ0v) is 12.8. The van der Waals surface area contributed by atoms with E-state index in [1.54, 1.807) is 0 Å². The summed E-state index contributed by atoms with van der Waals surface area (Å²) in [6.07, 6.45) is 3.36. The van der Waals surface area contributed by atoms with Gasteiger partial charge in [-0.05, 0) is 24.8 Å². The van der Waals surface area contributed by atoms with Gasteiger partial charge in [-0.15, -0.1) is 0 Å². The van der Waals surface area contributed by atoms with Crippen molar-refractivity contribution >= 4 is 6.03 Å². The third kappa shape index (κ3) is 3.99. The number of carbonyl (C=O) groups excluding carboxylic acids is 1. The van der Waals surface area contributed by atoms with Crippen LogP contribution in [0.3, 0.4) is 0 Å². The maximum Gasteiger partial charge on any atom is 0.314 e. The Balaban J connectivity index is 1.43. The fourth-order valence-electron chi connectivity index (χ4n) is 3.15. The molecule has 1 aromatic carbocycles. The molecule has 0 aliphatic carbocycles. The lowest BCUT2D eigenvalue weighted by atomic mass is 9.95. The quantitative estimate of drug-likeness (QED) is 0.877. The molecule has 2 saturated heterocycles. The van der Waals surface area contributed by atoms with Gasteiger partial charge >= 0.3 is 6.03 Å². The summed E-state index contributed by atoms with van der Waals surface area (Å²) in [6, 6.07) is 10.1. The average molecular weight is 304 g/mol. The van der Waals surface area contributed by atoms with E-state index < -0.39 is 0 Å². The Bertz CT molecular complexity index is 474. The Morgan fingerprint density at radius 1 is 1.05 bits per heavy atom. The van der Waals surface area contributed by atoms with Gasteiger partial charge in [-0.2, -0.15) is 0 Å². The monoisotopic (exact) mass is 304 g/mol. The molecule has 2 amide bonds. The van der Waals surface area contributed by atoms with E-state index in [1.807, 2.05) is 18.2 Å². The number of rotatable bonds is 5. The van der Waals surface area contributed by atoms with Crippen LogP contribution in [0.2, 0.25) is 0 Å². The van der Waals surface area contributed by atoms with Gasteiger partial charge in [0.15, 0.2) is 0 Å². The fourth-order valence-corrected chi connectivity index (χ4v) is 3.15. The van der Waals surface area contributed by atoms with Crippen molar-refractivity contribution < 1.29 is 14.3 Å². The van der Waals surface area contributed by atoms with Crippen molar-refractivity contribution in [2.75, 3.05) is 26.3 Å². The predicted octanol–water partition coefficient (Wildman–Crippen LogP) is 2.24. The Hall–Kier alpha value is -1.59. The van der Waals surface area contributed by atoms with Gasteiger partial charge in [-0.3, -0.25) is 0 Å². The zero-order valence-electron chi connectivity index (χ0n) is 12.8. The number of hydrogen-bond donors (Lipinski definition) is 2. The van der Waals surface area contributed by atoms with Gasteiger partial charge in [-0.1, -0.05) is 30.3 Å². The van der Waals surface area contributed by atoms with Crippen LogP contribution in [0.1, 0.15) is 30.9 Å². The molecule has 2 fully saturated rings. The molecule has 2 aliphatic heterocycles. The molecule has 0 aromatic heterocycles. The maximum absolute atomic E-state index is 11.9. The van der Waals surface area contributed by atoms with E-state index in [-0.39, 0.29) is 18.2 Å². The van der Waals surface area contributed by atoms with E-state index in [0.717, 1.165) is 32.5 Å². The molecule has 2 heterocycles. The first-order valence-electron chi connectivity index (χ1n) is 8.13. The van der Waals surface area contributed by atoms with Crippen LogP contribution in [-0.2, 0) is 9.47 Å². The zero-order chi connectivity index (χ0) is 15.2. The van der Waals surface area contributed by atoms with Crippen molar-refractivity contribution in [2.45, 2.75) is 31.5 Å². The van der Waals surface area contributed by atoms with Crippen LogP contribution >= 0.6 is 0 Å². The van der Waals surface area contributed by atoms with E-state index in [4.69, 9.17) is 9.47 Å². The molecule has 22 heavy (non-hydrogen) atoms. The minimum absolute atomic E-state index is 0.0830. The Morgan fingerprint density at radius 2 is 1.86 bits per heavy atom. The topological polar surface area (TPSA) is 59.6 Å². The molecule has 3 atom stereocenters. The summed E-state index contributed by atoms with van der Waals surface area (Å²) in [4.78, 5) is 11.9. The van der Waals surface area contributed by atoms with E-state index in [2.05, 4.69) is 22.8 Å². The minimum atomic E-state index is -0.116. The highest BCUT2D eigenvalue weighted by Crippen LogP contribution is 2.33. The Kier molecular flexibility index (Phi) is 5.29. The molecule has 1 aromatic rings. The third-order valence-electron chi connectivity index (χ3n) is 4.38. The van der Waals surface area contributed by atoms with Crippen LogP contribution in [-0.4, -0.2) is 38.4 Å². The maximum atomic E-state index is 11.9. The number of hydrogen-bond acceptors (Lipinski definition) is 3. The molecule has 0 spiro atoms. The van der Waals surface area contributed by atoms with Gasteiger partial charge in [0.2, 0.25) is 0 Å². The number of amides is 2. The molecule has 5 heteroatoms. The smallest absolute Gasteiger partial charge is 0.314 e. The summed E-state index contributed by atoms with van der Waals surface area (Å²) in [5, 5.41) is 5.85. The van der Waals surface area contributed by atoms with E-state index in [1.165, 1.54) is 5.56 Å².